The Kier molecular flexibility index (Phi) is 18.1. The van der Waals surface area contributed by atoms with Crippen LogP contribution in [0.1, 0.15) is 113 Å². The second-order valence-corrected chi connectivity index (χ2v) is 19.2. The van der Waals surface area contributed by atoms with E-state index in [1.165, 1.54) is 49.3 Å². The zero-order valence-corrected chi connectivity index (χ0v) is 41.8. The van der Waals surface area contributed by atoms with Gasteiger partial charge in [-0.1, -0.05) is 27.0 Å². The summed E-state index contributed by atoms with van der Waals surface area (Å²) in [6.07, 6.45) is 1.39. The first-order chi connectivity index (χ1) is 36.5. The van der Waals surface area contributed by atoms with Crippen LogP contribution in [0.5, 0.6) is 0 Å². The van der Waals surface area contributed by atoms with Gasteiger partial charge in [0.2, 0.25) is 17.1 Å². The largest absolute Gasteiger partial charge is 0.480 e. The summed E-state index contributed by atoms with van der Waals surface area (Å²) < 4.78 is 93.3. The van der Waals surface area contributed by atoms with Crippen LogP contribution in [0.3, 0.4) is 0 Å². The molecule has 25 heteroatoms. The number of amides is 9. The third kappa shape index (κ3) is 11.7. The molecule has 4 aliphatic heterocycles. The number of urea groups is 2. The number of nitrogens with one attached hydrogen (secondary N) is 5. The van der Waals surface area contributed by atoms with Crippen molar-refractivity contribution in [1.29, 1.82) is 0 Å². The zero-order valence-electron chi connectivity index (χ0n) is 41.8. The molecule has 0 aromatic heterocycles. The summed E-state index contributed by atoms with van der Waals surface area (Å²) >= 11 is 0. The van der Waals surface area contributed by atoms with Crippen LogP contribution in [0.4, 0.5) is 56.9 Å². The molecule has 4 saturated heterocycles. The Bertz CT molecular complexity index is 3110. The van der Waals surface area contributed by atoms with Gasteiger partial charge in [-0.2, -0.15) is 0 Å². The normalized spacial score (nSPS) is 23.1. The van der Waals surface area contributed by atoms with E-state index >= 15 is 4.39 Å². The maximum absolute atomic E-state index is 15.2. The van der Waals surface area contributed by atoms with Crippen molar-refractivity contribution in [3.8, 4) is 0 Å². The summed E-state index contributed by atoms with van der Waals surface area (Å²) in [5.41, 5.74) is -1.53. The van der Waals surface area contributed by atoms with E-state index in [1.807, 2.05) is 0 Å². The number of nitrogens with zero attached hydrogens (tertiary/aromatic N) is 3. The Labute approximate surface area is 450 Å². The highest BCUT2D eigenvalue weighted by Gasteiger charge is 2.61. The van der Waals surface area contributed by atoms with Gasteiger partial charge in [-0.05, 0) is 123 Å². The number of ether oxygens (including phenoxy) is 2. The maximum atomic E-state index is 15.2. The summed E-state index contributed by atoms with van der Waals surface area (Å²) in [4.78, 5) is 100. The molecule has 2 spiro atoms. The number of imide groups is 2. The van der Waals surface area contributed by atoms with E-state index < -0.39 is 113 Å². The number of anilines is 2. The third-order valence-corrected chi connectivity index (χ3v) is 14.4. The minimum Gasteiger partial charge on any atom is -0.480 e. The number of carbonyl (C=O) groups is 8. The lowest BCUT2D eigenvalue weighted by molar-refractivity contribution is -0.144. The van der Waals surface area contributed by atoms with Crippen LogP contribution >= 0.6 is 0 Å². The minimum atomic E-state index is -1.90. The highest BCUT2D eigenvalue weighted by molar-refractivity contribution is 6.07. The number of aliphatic carboxylic acids is 1. The van der Waals surface area contributed by atoms with Crippen LogP contribution in [-0.4, -0.2) is 107 Å². The van der Waals surface area contributed by atoms with Gasteiger partial charge >= 0.3 is 30.2 Å². The molecular weight excluding hydrogens is 1050 g/mol. The van der Waals surface area contributed by atoms with E-state index in [9.17, 15) is 60.3 Å². The van der Waals surface area contributed by atoms with Crippen molar-refractivity contribution >= 4 is 59.3 Å². The first kappa shape index (κ1) is 60.0. The zero-order chi connectivity index (χ0) is 55.8. The average Bonchev–Trinajstić information content (AvgIpc) is 4.40. The molecule has 9 amide bonds. The van der Waals surface area contributed by atoms with E-state index in [-0.39, 0.29) is 75.1 Å². The van der Waals surface area contributed by atoms with E-state index in [1.54, 1.807) is 13.0 Å². The van der Waals surface area contributed by atoms with Crippen LogP contribution in [0.2, 0.25) is 0 Å². The molecule has 0 unspecified atom stereocenters. The van der Waals surface area contributed by atoms with Crippen LogP contribution < -0.4 is 26.6 Å². The monoisotopic (exact) mass is 1110 g/mol. The van der Waals surface area contributed by atoms with Crippen LogP contribution in [-0.2, 0) is 52.7 Å². The molecular formula is C54H60F6N8O11. The second kappa shape index (κ2) is 23.8. The molecule has 4 fully saturated rings. The fraction of sp³-hybridized carbons (Fsp3) is 0.407. The lowest BCUT2D eigenvalue weighted by Gasteiger charge is -2.30. The van der Waals surface area contributed by atoms with Crippen LogP contribution in [0.15, 0.2) is 60.7 Å². The summed E-state index contributed by atoms with van der Waals surface area (Å²) in [5, 5.41) is 21.7. The fourth-order valence-corrected chi connectivity index (χ4v) is 10.8. The molecule has 79 heavy (non-hydrogen) atoms. The van der Waals surface area contributed by atoms with Crippen molar-refractivity contribution in [3.63, 3.8) is 0 Å². The van der Waals surface area contributed by atoms with E-state index in [0.29, 0.717) is 45.4 Å². The molecule has 424 valence electrons. The summed E-state index contributed by atoms with van der Waals surface area (Å²) in [5.74, 6) is -8.93. The first-order valence-electron chi connectivity index (χ1n) is 24.4. The van der Waals surface area contributed by atoms with Crippen LogP contribution in [0.25, 0.3) is 0 Å². The number of hydrogen-bond donors (Lipinski definition) is 6. The van der Waals surface area contributed by atoms with Crippen LogP contribution in [0, 0.1) is 34.9 Å². The van der Waals surface area contributed by atoms with Gasteiger partial charge in [-0.25, -0.2) is 55.3 Å². The van der Waals surface area contributed by atoms with Gasteiger partial charge < -0.3 is 46.1 Å². The van der Waals surface area contributed by atoms with E-state index in [0.717, 1.165) is 42.7 Å². The number of aryl methyl sites for hydroxylation is 2. The Balaban J connectivity index is 0.000000211. The molecule has 6 N–H and O–H groups in total. The minimum absolute atomic E-state index is 0. The van der Waals surface area contributed by atoms with Gasteiger partial charge in [-0.3, -0.25) is 19.2 Å². The highest BCUT2D eigenvalue weighted by atomic mass is 19.2. The molecule has 4 heterocycles. The number of rotatable bonds is 8. The van der Waals surface area contributed by atoms with Crippen molar-refractivity contribution in [2.45, 2.75) is 115 Å². The predicted molar refractivity (Wildman–Crippen MR) is 272 cm³/mol. The third-order valence-electron chi connectivity index (χ3n) is 14.4. The number of likely N-dealkylation sites (tertiary alicyclic amines) is 1. The van der Waals surface area contributed by atoms with Crippen molar-refractivity contribution in [3.05, 3.63) is 129 Å². The highest BCUT2D eigenvalue weighted by Crippen LogP contribution is 2.49. The molecule has 2 aliphatic carbocycles. The van der Waals surface area contributed by atoms with Gasteiger partial charge in [0.05, 0.1) is 6.04 Å². The molecule has 4 aromatic rings. The number of carboxylic acid groups (broad SMARTS) is 1. The van der Waals surface area contributed by atoms with Crippen molar-refractivity contribution in [2.75, 3.05) is 37.8 Å². The van der Waals surface area contributed by atoms with E-state index in [4.69, 9.17) is 14.6 Å². The first-order valence-corrected chi connectivity index (χ1v) is 24.4. The van der Waals surface area contributed by atoms with E-state index in [2.05, 4.69) is 33.5 Å². The summed E-state index contributed by atoms with van der Waals surface area (Å²) in [6.45, 7) is 2.39. The average molecular weight is 1110 g/mol. The summed E-state index contributed by atoms with van der Waals surface area (Å²) in [7, 11) is 2.81. The fourth-order valence-electron chi connectivity index (χ4n) is 10.8. The van der Waals surface area contributed by atoms with Crippen molar-refractivity contribution in [1.82, 2.24) is 30.7 Å². The summed E-state index contributed by atoms with van der Waals surface area (Å²) in [6, 6.07) is 11.3. The van der Waals surface area contributed by atoms with Gasteiger partial charge in [0.15, 0.2) is 23.3 Å². The Morgan fingerprint density at radius 3 is 1.53 bits per heavy atom. The second-order valence-electron chi connectivity index (χ2n) is 19.2. The van der Waals surface area contributed by atoms with Gasteiger partial charge in [-0.15, -0.1) is 0 Å². The lowest BCUT2D eigenvalue weighted by Crippen LogP contribution is -2.46. The number of benzene rings is 4. The quantitative estimate of drug-likeness (QED) is 0.0909. The predicted octanol–water partition coefficient (Wildman–Crippen LogP) is 8.56. The molecule has 10 rings (SSSR count). The SMILES string of the molecule is C.C.CNC(=O)Nc1cc(F)c2c(c1)CC[C@]21OC(=O)N(CC(=O)N2[C@@H](C)CC[C@H]2c2ccc(F)c(F)c2)C1=O.CNC(=O)Nc1cc(F)c2c(c1)CC[C@]21OC(=O)N(CC(=O)O)C1=O.C[C@H]1CC[C@@H](c2ccc(F)c(F)c2)N1. The maximum Gasteiger partial charge on any atom is 0.418 e. The number of carbonyl (C=O) groups excluding carboxylic acids is 7. The Hall–Kier alpha value is -8.22. The molecule has 0 bridgehead atoms. The van der Waals surface area contributed by atoms with Crippen molar-refractivity contribution in [2.24, 2.45) is 0 Å². The molecule has 4 aromatic carbocycles. The Morgan fingerprint density at radius 2 is 1.09 bits per heavy atom. The smallest absolute Gasteiger partial charge is 0.418 e. The number of hydrogen-bond acceptors (Lipinski definition) is 11. The number of carboxylic acids is 1. The van der Waals surface area contributed by atoms with Gasteiger partial charge in [0.1, 0.15) is 24.7 Å². The van der Waals surface area contributed by atoms with Gasteiger partial charge in [0, 0.05) is 67.6 Å². The molecule has 6 atom stereocenters. The standard InChI is InChI=1S/C26H25F3N4O5.C15H14FN3O6.C11H13F2N.2CH4/c1-13-3-6-20(14-4-5-17(27)18(28)10-14)33(13)21(34)12-32-23(35)26(38-25(32)37)8-7-15-9-16(31-24(36)30-2)11-19(29)22(15)26;1-17-13(23)18-8-4-7-2-3-15(11(7)9(16)5-8)12(22)19(6-10(20)21)14(24)25-15;1-7-2-5-11(14-7)8-3-4-9(12)10(13)6-8;;/h4-5,9-11,13,20H,3,6-8,12H2,1-2H3,(H2,30,31,36);4-5H,2-3,6H2,1H3,(H,20,21)(H2,17,18,23);3-4,6-7,11,14H,2,5H2,1H3;2*1H4/t13-,20-,26-;15-;7-,11-;;/m000../s1. The van der Waals surface area contributed by atoms with Gasteiger partial charge in [0.25, 0.3) is 11.8 Å². The lowest BCUT2D eigenvalue weighted by atomic mass is 9.94. The Morgan fingerprint density at radius 1 is 0.620 bits per heavy atom. The number of halogens is 6. The molecule has 19 nitrogen and oxygen atoms in total. The molecule has 0 radical (unpaired) electrons. The molecule has 0 saturated carbocycles. The van der Waals surface area contributed by atoms with Crippen molar-refractivity contribution < 1.29 is 79.3 Å². The molecule has 6 aliphatic rings. The number of fused-ring (bicyclic) bond motifs is 4. The topological polar surface area (TPSA) is 245 Å².